The molecular weight excluding hydrogens is 238 g/mol. The Labute approximate surface area is 102 Å². The fourth-order valence-corrected chi connectivity index (χ4v) is 3.13. The highest BCUT2D eigenvalue weighted by Gasteiger charge is 2.24. The number of aryl methyl sites for hydroxylation is 1. The first kappa shape index (κ1) is 12.5. The third-order valence-corrected chi connectivity index (χ3v) is 4.40. The molecule has 0 radical (unpaired) electrons. The lowest BCUT2D eigenvalue weighted by molar-refractivity contribution is -0.108. The van der Waals surface area contributed by atoms with Gasteiger partial charge in [-0.3, -0.25) is 4.84 Å². The predicted molar refractivity (Wildman–Crippen MR) is 65.8 cm³/mol. The molecule has 0 atom stereocenters. The molecule has 94 valence electrons. The number of rotatable bonds is 4. The zero-order chi connectivity index (χ0) is 12.1. The minimum Gasteiger partial charge on any atom is -0.284 e. The maximum Gasteiger partial charge on any atom is 0.236 e. The van der Waals surface area contributed by atoms with Crippen molar-refractivity contribution in [2.75, 3.05) is 18.9 Å². The van der Waals surface area contributed by atoms with Gasteiger partial charge < -0.3 is 0 Å². The SMILES string of the molecule is O=S(=O)(CCc1ccccc1)N1CCCCO1. The molecule has 17 heavy (non-hydrogen) atoms. The fraction of sp³-hybridized carbons (Fsp3) is 0.500. The number of hydrogen-bond donors (Lipinski definition) is 0. The Morgan fingerprint density at radius 1 is 1.18 bits per heavy atom. The van der Waals surface area contributed by atoms with Crippen molar-refractivity contribution < 1.29 is 13.3 Å². The van der Waals surface area contributed by atoms with E-state index in [4.69, 9.17) is 4.84 Å². The van der Waals surface area contributed by atoms with Gasteiger partial charge in [-0.1, -0.05) is 34.8 Å². The maximum absolute atomic E-state index is 12.0. The summed E-state index contributed by atoms with van der Waals surface area (Å²) in [4.78, 5) is 5.18. The minimum atomic E-state index is -3.27. The van der Waals surface area contributed by atoms with E-state index in [-0.39, 0.29) is 5.75 Å². The van der Waals surface area contributed by atoms with Gasteiger partial charge in [-0.05, 0) is 24.8 Å². The van der Waals surface area contributed by atoms with Crippen molar-refractivity contribution in [1.82, 2.24) is 4.47 Å². The molecular formula is C12H17NO3S. The van der Waals surface area contributed by atoms with Gasteiger partial charge in [-0.15, -0.1) is 0 Å². The molecule has 0 unspecified atom stereocenters. The molecule has 1 aromatic carbocycles. The molecule has 0 aliphatic carbocycles. The van der Waals surface area contributed by atoms with Crippen LogP contribution in [0.25, 0.3) is 0 Å². The molecule has 1 saturated heterocycles. The molecule has 1 fully saturated rings. The van der Waals surface area contributed by atoms with Gasteiger partial charge in [0.05, 0.1) is 12.4 Å². The maximum atomic E-state index is 12.0. The predicted octanol–water partition coefficient (Wildman–Crippen LogP) is 1.59. The molecule has 4 nitrogen and oxygen atoms in total. The lowest BCUT2D eigenvalue weighted by atomic mass is 10.2. The molecule has 1 aliphatic heterocycles. The van der Waals surface area contributed by atoms with Gasteiger partial charge in [0, 0.05) is 6.54 Å². The lowest BCUT2D eigenvalue weighted by Crippen LogP contribution is -2.37. The summed E-state index contributed by atoms with van der Waals surface area (Å²) >= 11 is 0. The lowest BCUT2D eigenvalue weighted by Gasteiger charge is -2.25. The zero-order valence-electron chi connectivity index (χ0n) is 9.71. The van der Waals surface area contributed by atoms with E-state index in [0.29, 0.717) is 19.6 Å². The first-order valence-corrected chi connectivity index (χ1v) is 7.47. The Bertz CT molecular complexity index is 438. The van der Waals surface area contributed by atoms with E-state index in [1.165, 1.54) is 0 Å². The molecule has 0 saturated carbocycles. The number of benzene rings is 1. The summed E-state index contributed by atoms with van der Waals surface area (Å²) in [6.07, 6.45) is 2.35. The third kappa shape index (κ3) is 3.52. The quantitative estimate of drug-likeness (QED) is 0.820. The van der Waals surface area contributed by atoms with E-state index in [2.05, 4.69) is 0 Å². The average molecular weight is 255 g/mol. The van der Waals surface area contributed by atoms with Crippen LogP contribution in [0.1, 0.15) is 18.4 Å². The largest absolute Gasteiger partial charge is 0.284 e. The molecule has 0 aromatic heterocycles. The summed E-state index contributed by atoms with van der Waals surface area (Å²) in [5.74, 6) is 0.108. The molecule has 1 aliphatic rings. The van der Waals surface area contributed by atoms with Crippen molar-refractivity contribution in [2.24, 2.45) is 0 Å². The Morgan fingerprint density at radius 3 is 2.59 bits per heavy atom. The van der Waals surface area contributed by atoms with Crippen molar-refractivity contribution in [1.29, 1.82) is 0 Å². The van der Waals surface area contributed by atoms with Crippen LogP contribution in [0.15, 0.2) is 30.3 Å². The second-order valence-corrected chi connectivity index (χ2v) is 6.10. The van der Waals surface area contributed by atoms with Gasteiger partial charge in [0.2, 0.25) is 10.0 Å². The third-order valence-electron chi connectivity index (χ3n) is 2.77. The number of hydroxylamine groups is 1. The van der Waals surface area contributed by atoms with Crippen LogP contribution < -0.4 is 0 Å². The van der Waals surface area contributed by atoms with Gasteiger partial charge in [0.1, 0.15) is 0 Å². The van der Waals surface area contributed by atoms with E-state index in [9.17, 15) is 8.42 Å². The summed E-state index contributed by atoms with van der Waals surface area (Å²) in [7, 11) is -3.27. The summed E-state index contributed by atoms with van der Waals surface area (Å²) in [5.41, 5.74) is 1.04. The van der Waals surface area contributed by atoms with Crippen molar-refractivity contribution in [3.63, 3.8) is 0 Å². The summed E-state index contributed by atoms with van der Waals surface area (Å²) in [5, 5.41) is 0. The monoisotopic (exact) mass is 255 g/mol. The highest BCUT2D eigenvalue weighted by atomic mass is 32.2. The highest BCUT2D eigenvalue weighted by molar-refractivity contribution is 7.88. The van der Waals surface area contributed by atoms with Crippen molar-refractivity contribution in [3.8, 4) is 0 Å². The molecule has 0 spiro atoms. The van der Waals surface area contributed by atoms with Crippen LogP contribution >= 0.6 is 0 Å². The number of sulfonamides is 1. The summed E-state index contributed by atoms with van der Waals surface area (Å²) in [6.45, 7) is 0.988. The fourth-order valence-electron chi connectivity index (χ4n) is 1.79. The van der Waals surface area contributed by atoms with Gasteiger partial charge in [0.15, 0.2) is 0 Å². The first-order chi connectivity index (χ1) is 8.18. The normalized spacial score (nSPS) is 18.1. The minimum absolute atomic E-state index is 0.108. The number of nitrogens with zero attached hydrogens (tertiary/aromatic N) is 1. The van der Waals surface area contributed by atoms with Crippen LogP contribution in [-0.4, -0.2) is 31.8 Å². The molecule has 2 rings (SSSR count). The number of hydrogen-bond acceptors (Lipinski definition) is 3. The van der Waals surface area contributed by atoms with E-state index >= 15 is 0 Å². The van der Waals surface area contributed by atoms with Gasteiger partial charge in [-0.2, -0.15) is 0 Å². The summed E-state index contributed by atoms with van der Waals surface area (Å²) in [6, 6.07) is 9.63. The van der Waals surface area contributed by atoms with E-state index in [1.54, 1.807) is 0 Å². The van der Waals surface area contributed by atoms with Crippen LogP contribution in [0, 0.1) is 0 Å². The Hall–Kier alpha value is -0.910. The van der Waals surface area contributed by atoms with Crippen LogP contribution in [-0.2, 0) is 21.3 Å². The Kier molecular flexibility index (Phi) is 4.15. The molecule has 0 N–H and O–H groups in total. The Morgan fingerprint density at radius 2 is 1.94 bits per heavy atom. The van der Waals surface area contributed by atoms with Crippen LogP contribution in [0.2, 0.25) is 0 Å². The smallest absolute Gasteiger partial charge is 0.236 e. The van der Waals surface area contributed by atoms with E-state index in [1.807, 2.05) is 30.3 Å². The van der Waals surface area contributed by atoms with E-state index < -0.39 is 10.0 Å². The van der Waals surface area contributed by atoms with Crippen LogP contribution in [0.5, 0.6) is 0 Å². The van der Waals surface area contributed by atoms with E-state index in [0.717, 1.165) is 22.9 Å². The van der Waals surface area contributed by atoms with Gasteiger partial charge >= 0.3 is 0 Å². The molecule has 0 amide bonds. The van der Waals surface area contributed by atoms with Crippen LogP contribution in [0.4, 0.5) is 0 Å². The standard InChI is InChI=1S/C12H17NO3S/c14-17(15,13-9-4-5-10-16-13)11-8-12-6-2-1-3-7-12/h1-3,6-7H,4-5,8-11H2. The average Bonchev–Trinajstić information content (AvgIpc) is 2.39. The molecule has 0 bridgehead atoms. The second kappa shape index (κ2) is 5.62. The molecule has 1 heterocycles. The molecule has 1 aromatic rings. The zero-order valence-corrected chi connectivity index (χ0v) is 10.5. The van der Waals surface area contributed by atoms with Crippen molar-refractivity contribution >= 4 is 10.0 Å². The van der Waals surface area contributed by atoms with Gasteiger partial charge in [0.25, 0.3) is 0 Å². The van der Waals surface area contributed by atoms with Crippen molar-refractivity contribution in [3.05, 3.63) is 35.9 Å². The summed E-state index contributed by atoms with van der Waals surface area (Å²) < 4.78 is 25.1. The van der Waals surface area contributed by atoms with Crippen LogP contribution in [0.3, 0.4) is 0 Å². The molecule has 5 heteroatoms. The van der Waals surface area contributed by atoms with Crippen molar-refractivity contribution in [2.45, 2.75) is 19.3 Å². The Balaban J connectivity index is 1.93. The topological polar surface area (TPSA) is 46.6 Å². The highest BCUT2D eigenvalue weighted by Crippen LogP contribution is 2.13. The van der Waals surface area contributed by atoms with Gasteiger partial charge in [-0.25, -0.2) is 8.42 Å². The second-order valence-electron chi connectivity index (χ2n) is 4.12. The first-order valence-electron chi connectivity index (χ1n) is 5.86.